The number of rotatable bonds is 7. The van der Waals surface area contributed by atoms with E-state index in [4.69, 9.17) is 4.74 Å². The van der Waals surface area contributed by atoms with Crippen molar-refractivity contribution in [2.45, 2.75) is 56.4 Å². The Morgan fingerprint density at radius 1 is 0.976 bits per heavy atom. The summed E-state index contributed by atoms with van der Waals surface area (Å²) in [5.41, 5.74) is 1.92. The molecule has 1 aromatic heterocycles. The van der Waals surface area contributed by atoms with Crippen LogP contribution in [0.5, 0.6) is 11.5 Å². The van der Waals surface area contributed by atoms with Gasteiger partial charge in [-0.05, 0) is 80.2 Å². The number of aromatic nitrogens is 2. The summed E-state index contributed by atoms with van der Waals surface area (Å²) in [7, 11) is 0. The average molecular weight is 552 g/mol. The third-order valence-corrected chi connectivity index (χ3v) is 10.5. The molecular weight excluding hydrogens is 517 g/mol. The minimum absolute atomic E-state index is 0.0264. The lowest BCUT2D eigenvalue weighted by molar-refractivity contribution is -0.213. The molecule has 4 aromatic rings. The Balaban J connectivity index is 1.03. The molecule has 4 bridgehead atoms. The zero-order chi connectivity index (χ0) is 27.8. The lowest BCUT2D eigenvalue weighted by Gasteiger charge is -2.64. The van der Waals surface area contributed by atoms with Crippen LogP contribution in [0.25, 0.3) is 11.3 Å². The van der Waals surface area contributed by atoms with Gasteiger partial charge in [0.15, 0.2) is 0 Å². The quantitative estimate of drug-likeness (QED) is 0.221. The summed E-state index contributed by atoms with van der Waals surface area (Å²) in [5.74, 6) is 1.78. The van der Waals surface area contributed by atoms with Crippen molar-refractivity contribution in [2.24, 2.45) is 23.2 Å². The second-order valence-corrected chi connectivity index (χ2v) is 12.8. The van der Waals surface area contributed by atoms with Gasteiger partial charge in [-0.2, -0.15) is 0 Å². The molecule has 6 nitrogen and oxygen atoms in total. The van der Waals surface area contributed by atoms with E-state index in [0.29, 0.717) is 23.7 Å². The van der Waals surface area contributed by atoms with Crippen molar-refractivity contribution in [3.05, 3.63) is 96.7 Å². The lowest BCUT2D eigenvalue weighted by Crippen LogP contribution is -2.66. The van der Waals surface area contributed by atoms with Crippen LogP contribution >= 0.6 is 0 Å². The van der Waals surface area contributed by atoms with Crippen molar-refractivity contribution in [2.75, 3.05) is 5.32 Å². The second kappa shape index (κ2) is 9.16. The minimum Gasteiger partial charge on any atom is -0.457 e. The molecule has 3 N–H and O–H groups in total. The Labute approximate surface area is 238 Å². The number of aliphatic hydroxyl groups is 2. The Morgan fingerprint density at radius 3 is 2.54 bits per heavy atom. The predicted molar refractivity (Wildman–Crippen MR) is 154 cm³/mol. The number of benzene rings is 3. The van der Waals surface area contributed by atoms with Crippen LogP contribution in [0.4, 0.5) is 10.1 Å². The lowest BCUT2D eigenvalue weighted by atomic mass is 9.45. The smallest absolute Gasteiger partial charge is 0.141 e. The number of anilines is 1. The maximum Gasteiger partial charge on any atom is 0.141 e. The average Bonchev–Trinajstić information content (AvgIpc) is 3.55. The summed E-state index contributed by atoms with van der Waals surface area (Å²) in [6.07, 6.45) is 7.72. The van der Waals surface area contributed by atoms with Gasteiger partial charge in [0.2, 0.25) is 0 Å². The minimum atomic E-state index is -1.05. The largest absolute Gasteiger partial charge is 0.457 e. The molecular formula is C34H34FN3O3. The number of nitrogens with zero attached hydrogens (tertiary/aromatic N) is 2. The standard InChI is InChI=1S/C34H34FN3O3/c35-28-11-5-10-27-30-19-36-20-38(30)29(32(27)28)15-31(39)33-16-21-12-22(17-33)34(40,23(13-21)18-33)37-24-6-4-9-26(14-24)41-25-7-2-1-3-8-25/h1-11,14,19-23,29,31,37,39-40H,12-13,15-18H2. The van der Waals surface area contributed by atoms with Crippen molar-refractivity contribution < 1.29 is 19.3 Å². The number of hydrogen-bond donors (Lipinski definition) is 3. The van der Waals surface area contributed by atoms with E-state index in [1.807, 2.05) is 65.2 Å². The molecule has 210 valence electrons. The molecule has 4 atom stereocenters. The number of ether oxygens (including phenoxy) is 1. The van der Waals surface area contributed by atoms with Crippen LogP contribution in [0, 0.1) is 29.0 Å². The first kappa shape index (κ1) is 25.1. The van der Waals surface area contributed by atoms with Crippen molar-refractivity contribution >= 4 is 5.69 Å². The van der Waals surface area contributed by atoms with Gasteiger partial charge in [-0.1, -0.05) is 36.4 Å². The molecule has 5 aliphatic rings. The van der Waals surface area contributed by atoms with Crippen LogP contribution in [0.2, 0.25) is 0 Å². The zero-order valence-corrected chi connectivity index (χ0v) is 22.8. The highest BCUT2D eigenvalue weighted by Gasteiger charge is 2.64. The second-order valence-electron chi connectivity index (χ2n) is 12.8. The van der Waals surface area contributed by atoms with Crippen LogP contribution in [-0.4, -0.2) is 31.6 Å². The van der Waals surface area contributed by atoms with Crippen LogP contribution < -0.4 is 10.1 Å². The van der Waals surface area contributed by atoms with Gasteiger partial charge in [-0.25, -0.2) is 9.37 Å². The van der Waals surface area contributed by atoms with Gasteiger partial charge >= 0.3 is 0 Å². The third kappa shape index (κ3) is 3.93. The van der Waals surface area contributed by atoms with Gasteiger partial charge < -0.3 is 24.8 Å². The van der Waals surface area contributed by atoms with Crippen LogP contribution in [0.3, 0.4) is 0 Å². The van der Waals surface area contributed by atoms with Crippen molar-refractivity contribution in [1.82, 2.24) is 9.55 Å². The maximum atomic E-state index is 15.1. The maximum absolute atomic E-state index is 15.1. The Hall–Kier alpha value is -3.68. The molecule has 4 saturated carbocycles. The van der Waals surface area contributed by atoms with E-state index in [2.05, 4.69) is 10.3 Å². The van der Waals surface area contributed by atoms with Gasteiger partial charge in [0.1, 0.15) is 23.0 Å². The van der Waals surface area contributed by atoms with E-state index >= 15 is 4.39 Å². The van der Waals surface area contributed by atoms with E-state index in [-0.39, 0.29) is 29.1 Å². The highest BCUT2D eigenvalue weighted by molar-refractivity contribution is 5.69. The van der Waals surface area contributed by atoms with E-state index < -0.39 is 11.8 Å². The molecule has 0 radical (unpaired) electrons. The molecule has 9 rings (SSSR count). The van der Waals surface area contributed by atoms with E-state index in [1.165, 1.54) is 6.07 Å². The molecule has 4 aliphatic carbocycles. The fourth-order valence-electron chi connectivity index (χ4n) is 8.84. The first-order valence-corrected chi connectivity index (χ1v) is 14.7. The topological polar surface area (TPSA) is 79.5 Å². The number of para-hydroxylation sites is 1. The number of nitrogens with one attached hydrogen (secondary N) is 1. The molecule has 1 aliphatic heterocycles. The molecule has 0 spiro atoms. The summed E-state index contributed by atoms with van der Waals surface area (Å²) < 4.78 is 23.1. The molecule has 41 heavy (non-hydrogen) atoms. The molecule has 0 amide bonds. The number of fused-ring (bicyclic) bond motifs is 3. The first-order valence-electron chi connectivity index (χ1n) is 14.7. The number of imidazole rings is 1. The highest BCUT2D eigenvalue weighted by Crippen LogP contribution is 2.65. The van der Waals surface area contributed by atoms with Crippen molar-refractivity contribution in [3.8, 4) is 22.8 Å². The van der Waals surface area contributed by atoms with Crippen molar-refractivity contribution in [3.63, 3.8) is 0 Å². The van der Waals surface area contributed by atoms with Gasteiger partial charge in [-0.15, -0.1) is 0 Å². The van der Waals surface area contributed by atoms with Gasteiger partial charge in [0.25, 0.3) is 0 Å². The molecule has 7 heteroatoms. The zero-order valence-electron chi connectivity index (χ0n) is 22.8. The van der Waals surface area contributed by atoms with E-state index in [1.54, 1.807) is 18.6 Å². The van der Waals surface area contributed by atoms with Crippen LogP contribution in [0.1, 0.15) is 50.1 Å². The predicted octanol–water partition coefficient (Wildman–Crippen LogP) is 6.76. The first-order chi connectivity index (χ1) is 19.9. The monoisotopic (exact) mass is 551 g/mol. The molecule has 0 saturated heterocycles. The summed E-state index contributed by atoms with van der Waals surface area (Å²) in [4.78, 5) is 4.32. The summed E-state index contributed by atoms with van der Waals surface area (Å²) >= 11 is 0. The molecule has 4 unspecified atom stereocenters. The van der Waals surface area contributed by atoms with Gasteiger partial charge in [0.05, 0.1) is 30.4 Å². The van der Waals surface area contributed by atoms with Gasteiger partial charge in [0, 0.05) is 34.7 Å². The number of halogens is 1. The normalized spacial score (nSPS) is 31.5. The fraction of sp³-hybridized carbons (Fsp3) is 0.382. The van der Waals surface area contributed by atoms with Crippen LogP contribution in [0.15, 0.2) is 85.3 Å². The molecule has 3 aromatic carbocycles. The van der Waals surface area contributed by atoms with Crippen molar-refractivity contribution in [1.29, 1.82) is 0 Å². The Bertz CT molecular complexity index is 1590. The van der Waals surface area contributed by atoms with E-state index in [9.17, 15) is 10.2 Å². The fourth-order valence-corrected chi connectivity index (χ4v) is 8.84. The van der Waals surface area contributed by atoms with E-state index in [0.717, 1.165) is 54.8 Å². The van der Waals surface area contributed by atoms with Crippen LogP contribution in [-0.2, 0) is 0 Å². The summed E-state index contributed by atoms with van der Waals surface area (Å²) in [6.45, 7) is 0. The Morgan fingerprint density at radius 2 is 1.73 bits per heavy atom. The molecule has 2 heterocycles. The van der Waals surface area contributed by atoms with Gasteiger partial charge in [-0.3, -0.25) is 0 Å². The number of hydrogen-bond acceptors (Lipinski definition) is 5. The summed E-state index contributed by atoms with van der Waals surface area (Å²) in [6, 6.07) is 22.3. The SMILES string of the molecule is OC(CC1c2c(F)cccc2-c2cncn21)C12CC3CC(C1)C(O)(Nc1cccc(Oc4ccccc4)c1)C(C3)C2. The molecule has 4 fully saturated rings. The highest BCUT2D eigenvalue weighted by atomic mass is 19.1. The third-order valence-electron chi connectivity index (χ3n) is 10.5. The number of aliphatic hydroxyl groups excluding tert-OH is 1. The Kier molecular flexibility index (Phi) is 5.60. The summed E-state index contributed by atoms with van der Waals surface area (Å²) in [5, 5.41) is 27.6.